The van der Waals surface area contributed by atoms with Crippen molar-refractivity contribution in [1.82, 2.24) is 9.88 Å². The minimum Gasteiger partial charge on any atom is -0.353 e. The predicted molar refractivity (Wildman–Crippen MR) is 78.5 cm³/mol. The fraction of sp³-hybridized carbons (Fsp3) is 0.583. The van der Waals surface area contributed by atoms with E-state index in [1.165, 1.54) is 0 Å². The lowest BCUT2D eigenvalue weighted by molar-refractivity contribution is 0.169. The van der Waals surface area contributed by atoms with Gasteiger partial charge in [0.2, 0.25) is 0 Å². The summed E-state index contributed by atoms with van der Waals surface area (Å²) in [7, 11) is 2.19. The van der Waals surface area contributed by atoms with E-state index in [-0.39, 0.29) is 0 Å². The number of halogens is 2. The van der Waals surface area contributed by atoms with E-state index < -0.39 is 0 Å². The minimum absolute atomic E-state index is 0.552. The summed E-state index contributed by atoms with van der Waals surface area (Å²) in [5.41, 5.74) is 0. The predicted octanol–water partition coefficient (Wildman–Crippen LogP) is 3.14. The lowest BCUT2D eigenvalue weighted by Crippen LogP contribution is -2.55. The quantitative estimate of drug-likeness (QED) is 0.765. The highest BCUT2D eigenvalue weighted by Crippen LogP contribution is 2.29. The van der Waals surface area contributed by atoms with Crippen LogP contribution in [0.15, 0.2) is 21.2 Å². The number of nitrogens with zero attached hydrogens (tertiary/aromatic N) is 3. The van der Waals surface area contributed by atoms with Crippen molar-refractivity contribution in [1.29, 1.82) is 0 Å². The maximum atomic E-state index is 4.51. The molecule has 3 nitrogen and oxygen atoms in total. The zero-order valence-electron chi connectivity index (χ0n) is 10.3. The SMILES string of the molecule is CC1CN(c2ncc(Br)cc2Br)CC(C)N1C. The Kier molecular flexibility index (Phi) is 4.10. The molecule has 0 aliphatic carbocycles. The Morgan fingerprint density at radius 1 is 1.24 bits per heavy atom. The van der Waals surface area contributed by atoms with E-state index in [0.29, 0.717) is 12.1 Å². The fourth-order valence-corrected chi connectivity index (χ4v) is 3.46. The van der Waals surface area contributed by atoms with E-state index in [4.69, 9.17) is 0 Å². The minimum atomic E-state index is 0.552. The van der Waals surface area contributed by atoms with Gasteiger partial charge in [0.15, 0.2) is 0 Å². The second-order valence-electron chi connectivity index (χ2n) is 4.73. The van der Waals surface area contributed by atoms with Crippen molar-refractivity contribution in [2.24, 2.45) is 0 Å². The maximum Gasteiger partial charge on any atom is 0.143 e. The molecular formula is C12H17Br2N3. The van der Waals surface area contributed by atoms with Crippen LogP contribution in [0.1, 0.15) is 13.8 Å². The van der Waals surface area contributed by atoms with Gasteiger partial charge in [-0.05, 0) is 58.8 Å². The van der Waals surface area contributed by atoms with Crippen molar-refractivity contribution < 1.29 is 0 Å². The molecule has 2 rings (SSSR count). The molecule has 0 bridgehead atoms. The molecule has 1 aromatic heterocycles. The third-order valence-corrected chi connectivity index (χ3v) is 4.46. The zero-order valence-corrected chi connectivity index (χ0v) is 13.5. The number of rotatable bonds is 1. The summed E-state index contributed by atoms with van der Waals surface area (Å²) in [6.45, 7) is 6.56. The lowest BCUT2D eigenvalue weighted by Gasteiger charge is -2.43. The zero-order chi connectivity index (χ0) is 12.6. The van der Waals surface area contributed by atoms with Crippen molar-refractivity contribution in [3.63, 3.8) is 0 Å². The van der Waals surface area contributed by atoms with Gasteiger partial charge < -0.3 is 4.90 Å². The number of hydrogen-bond donors (Lipinski definition) is 0. The molecule has 2 heterocycles. The van der Waals surface area contributed by atoms with Crippen LogP contribution in [0, 0.1) is 0 Å². The average molecular weight is 363 g/mol. The van der Waals surface area contributed by atoms with Gasteiger partial charge in [-0.3, -0.25) is 4.90 Å². The molecule has 2 unspecified atom stereocenters. The van der Waals surface area contributed by atoms with Crippen LogP contribution in [0.4, 0.5) is 5.82 Å². The molecule has 1 aromatic rings. The fourth-order valence-electron chi connectivity index (χ4n) is 2.22. The van der Waals surface area contributed by atoms with Crippen molar-refractivity contribution in [2.75, 3.05) is 25.0 Å². The van der Waals surface area contributed by atoms with E-state index >= 15 is 0 Å². The van der Waals surface area contributed by atoms with Gasteiger partial charge in [-0.15, -0.1) is 0 Å². The topological polar surface area (TPSA) is 19.4 Å². The van der Waals surface area contributed by atoms with Gasteiger partial charge in [-0.1, -0.05) is 0 Å². The summed E-state index contributed by atoms with van der Waals surface area (Å²) in [4.78, 5) is 9.28. The van der Waals surface area contributed by atoms with Crippen molar-refractivity contribution >= 4 is 37.7 Å². The summed E-state index contributed by atoms with van der Waals surface area (Å²) in [6.07, 6.45) is 1.85. The van der Waals surface area contributed by atoms with E-state index in [0.717, 1.165) is 27.9 Å². The van der Waals surface area contributed by atoms with Crippen molar-refractivity contribution in [3.8, 4) is 0 Å². The molecule has 5 heteroatoms. The first-order valence-corrected chi connectivity index (χ1v) is 7.35. The van der Waals surface area contributed by atoms with E-state index in [2.05, 4.69) is 73.6 Å². The number of anilines is 1. The molecule has 2 atom stereocenters. The van der Waals surface area contributed by atoms with Crippen LogP contribution >= 0.6 is 31.9 Å². The van der Waals surface area contributed by atoms with Crippen LogP contribution < -0.4 is 4.90 Å². The summed E-state index contributed by atoms with van der Waals surface area (Å²) in [5, 5.41) is 0. The van der Waals surface area contributed by atoms with Gasteiger partial charge in [0.05, 0.1) is 4.47 Å². The van der Waals surface area contributed by atoms with Crippen molar-refractivity contribution in [3.05, 3.63) is 21.2 Å². The lowest BCUT2D eigenvalue weighted by atomic mass is 10.1. The van der Waals surface area contributed by atoms with Gasteiger partial charge in [-0.2, -0.15) is 0 Å². The standard InChI is InChI=1S/C12H17Br2N3/c1-8-6-17(7-9(2)16(8)3)12-11(14)4-10(13)5-15-12/h4-5,8-9H,6-7H2,1-3H3. The highest BCUT2D eigenvalue weighted by atomic mass is 79.9. The Balaban J connectivity index is 2.23. The van der Waals surface area contributed by atoms with Crippen LogP contribution in [0.3, 0.4) is 0 Å². The van der Waals surface area contributed by atoms with Gasteiger partial charge in [-0.25, -0.2) is 4.98 Å². The third kappa shape index (κ3) is 2.83. The molecule has 0 amide bonds. The van der Waals surface area contributed by atoms with Crippen LogP contribution in [0.2, 0.25) is 0 Å². The first kappa shape index (κ1) is 13.3. The highest BCUT2D eigenvalue weighted by molar-refractivity contribution is 9.11. The first-order valence-electron chi connectivity index (χ1n) is 5.77. The molecule has 0 aromatic carbocycles. The smallest absolute Gasteiger partial charge is 0.143 e. The summed E-state index contributed by atoms with van der Waals surface area (Å²) in [6, 6.07) is 3.16. The monoisotopic (exact) mass is 361 g/mol. The summed E-state index contributed by atoms with van der Waals surface area (Å²) >= 11 is 7.02. The maximum absolute atomic E-state index is 4.51. The van der Waals surface area contributed by atoms with Gasteiger partial charge in [0.25, 0.3) is 0 Å². The summed E-state index contributed by atoms with van der Waals surface area (Å²) < 4.78 is 2.05. The molecule has 0 spiro atoms. The second-order valence-corrected chi connectivity index (χ2v) is 6.50. The molecular weight excluding hydrogens is 346 g/mol. The van der Waals surface area contributed by atoms with Crippen LogP contribution in [-0.4, -0.2) is 42.1 Å². The van der Waals surface area contributed by atoms with Crippen molar-refractivity contribution in [2.45, 2.75) is 25.9 Å². The third-order valence-electron chi connectivity index (χ3n) is 3.45. The number of hydrogen-bond acceptors (Lipinski definition) is 3. The van der Waals surface area contributed by atoms with E-state index in [1.54, 1.807) is 0 Å². The van der Waals surface area contributed by atoms with E-state index in [9.17, 15) is 0 Å². The summed E-state index contributed by atoms with van der Waals surface area (Å²) in [5.74, 6) is 1.04. The van der Waals surface area contributed by atoms with Gasteiger partial charge in [0.1, 0.15) is 5.82 Å². The highest BCUT2D eigenvalue weighted by Gasteiger charge is 2.28. The molecule has 1 aliphatic rings. The molecule has 1 fully saturated rings. The Morgan fingerprint density at radius 3 is 2.35 bits per heavy atom. The number of likely N-dealkylation sites (N-methyl/N-ethyl adjacent to an activating group) is 1. The normalized spacial score (nSPS) is 26.3. The Labute approximate surface area is 119 Å². The van der Waals surface area contributed by atoms with Gasteiger partial charge in [0, 0.05) is 35.8 Å². The second kappa shape index (κ2) is 5.24. The van der Waals surface area contributed by atoms with Gasteiger partial charge >= 0.3 is 0 Å². The molecule has 17 heavy (non-hydrogen) atoms. The molecule has 1 aliphatic heterocycles. The number of aromatic nitrogens is 1. The number of pyridine rings is 1. The average Bonchev–Trinajstić information content (AvgIpc) is 2.25. The Bertz CT molecular complexity index is 399. The Hall–Kier alpha value is -0.130. The number of piperazine rings is 1. The largest absolute Gasteiger partial charge is 0.353 e. The molecule has 1 saturated heterocycles. The molecule has 94 valence electrons. The molecule has 0 radical (unpaired) electrons. The van der Waals surface area contributed by atoms with E-state index in [1.807, 2.05) is 6.20 Å². The molecule has 0 N–H and O–H groups in total. The Morgan fingerprint density at radius 2 is 1.82 bits per heavy atom. The first-order chi connectivity index (χ1) is 7.99. The van der Waals surface area contributed by atoms with Crippen LogP contribution in [0.5, 0.6) is 0 Å². The van der Waals surface area contributed by atoms with Crippen LogP contribution in [0.25, 0.3) is 0 Å². The molecule has 0 saturated carbocycles. The van der Waals surface area contributed by atoms with Crippen LogP contribution in [-0.2, 0) is 0 Å².